The first-order chi connectivity index (χ1) is 9.12. The van der Waals surface area contributed by atoms with Crippen LogP contribution in [0.1, 0.15) is 34.1 Å². The predicted molar refractivity (Wildman–Crippen MR) is 75.7 cm³/mol. The van der Waals surface area contributed by atoms with Crippen LogP contribution in [0.2, 0.25) is 0 Å². The van der Waals surface area contributed by atoms with Crippen LogP contribution in [0.3, 0.4) is 0 Å². The number of allylic oxidation sites excluding steroid dienone is 2. The zero-order valence-corrected chi connectivity index (χ0v) is 12.5. The lowest BCUT2D eigenvalue weighted by molar-refractivity contribution is -0.134. The van der Waals surface area contributed by atoms with Crippen molar-refractivity contribution in [3.05, 3.63) is 23.3 Å². The molecule has 0 saturated heterocycles. The Balaban J connectivity index is 3.18. The van der Waals surface area contributed by atoms with Gasteiger partial charge in [0.1, 0.15) is 0 Å². The highest BCUT2D eigenvalue weighted by molar-refractivity contribution is 5.93. The van der Waals surface area contributed by atoms with Crippen LogP contribution in [0.15, 0.2) is 23.3 Å². The van der Waals surface area contributed by atoms with Crippen molar-refractivity contribution in [2.24, 2.45) is 5.41 Å². The van der Waals surface area contributed by atoms with Crippen molar-refractivity contribution in [3.63, 3.8) is 0 Å². The average molecular weight is 276 g/mol. The summed E-state index contributed by atoms with van der Waals surface area (Å²) in [6.07, 6.45) is 2.92. The molecule has 0 bridgehead atoms. The number of rotatable bonds is 1. The first kappa shape index (κ1) is 16.2. The summed E-state index contributed by atoms with van der Waals surface area (Å²) < 4.78 is 4.51. The second kappa shape index (κ2) is 5.64. The van der Waals surface area contributed by atoms with E-state index in [0.29, 0.717) is 11.1 Å². The lowest BCUT2D eigenvalue weighted by Gasteiger charge is -2.42. The molecule has 108 valence electrons. The van der Waals surface area contributed by atoms with Crippen LogP contribution in [0.25, 0.3) is 0 Å². The number of esters is 1. The summed E-state index contributed by atoms with van der Waals surface area (Å²) in [5, 5.41) is 10.8. The first-order valence-corrected chi connectivity index (χ1v) is 6.36. The van der Waals surface area contributed by atoms with Gasteiger partial charge in [-0.3, -0.25) is 4.79 Å². The van der Waals surface area contributed by atoms with Crippen molar-refractivity contribution in [1.29, 1.82) is 0 Å². The van der Waals surface area contributed by atoms with E-state index in [0.717, 1.165) is 0 Å². The zero-order chi connectivity index (χ0) is 15.6. The third-order valence-electron chi connectivity index (χ3n) is 3.52. The van der Waals surface area contributed by atoms with Gasteiger partial charge in [-0.05, 0) is 25.5 Å². The van der Waals surface area contributed by atoms with Gasteiger partial charge in [-0.15, -0.1) is 0 Å². The maximum absolute atomic E-state index is 11.6. The van der Waals surface area contributed by atoms with Gasteiger partial charge in [-0.2, -0.15) is 0 Å². The number of ether oxygens (including phenoxy) is 1. The third-order valence-corrected chi connectivity index (χ3v) is 3.52. The molecule has 0 aliphatic heterocycles. The topological polar surface area (TPSA) is 63.6 Å². The zero-order valence-electron chi connectivity index (χ0n) is 12.5. The Labute approximate surface area is 119 Å². The van der Waals surface area contributed by atoms with Crippen molar-refractivity contribution in [3.8, 4) is 11.8 Å². The molecule has 0 heterocycles. The molecule has 0 aromatic carbocycles. The van der Waals surface area contributed by atoms with Crippen LogP contribution in [0.4, 0.5) is 0 Å². The summed E-state index contributed by atoms with van der Waals surface area (Å²) in [7, 11) is 1.29. The van der Waals surface area contributed by atoms with Crippen molar-refractivity contribution >= 4 is 11.8 Å². The monoisotopic (exact) mass is 276 g/mol. The number of hydrogen-bond donors (Lipinski definition) is 1. The van der Waals surface area contributed by atoms with E-state index in [9.17, 15) is 14.7 Å². The molecule has 1 rings (SSSR count). The van der Waals surface area contributed by atoms with Gasteiger partial charge < -0.3 is 9.84 Å². The van der Waals surface area contributed by atoms with Crippen LogP contribution in [-0.4, -0.2) is 29.6 Å². The summed E-state index contributed by atoms with van der Waals surface area (Å²) >= 11 is 0. The Hall–Kier alpha value is -1.86. The second-order valence-electron chi connectivity index (χ2n) is 5.67. The van der Waals surface area contributed by atoms with Crippen LogP contribution >= 0.6 is 0 Å². The summed E-state index contributed by atoms with van der Waals surface area (Å²) in [6, 6.07) is 0. The van der Waals surface area contributed by atoms with E-state index >= 15 is 0 Å². The number of hydrogen-bond acceptors (Lipinski definition) is 4. The van der Waals surface area contributed by atoms with E-state index < -0.39 is 17.0 Å². The smallest absolute Gasteiger partial charge is 0.331 e. The molecule has 0 unspecified atom stereocenters. The fourth-order valence-corrected chi connectivity index (χ4v) is 2.22. The van der Waals surface area contributed by atoms with Gasteiger partial charge >= 0.3 is 5.97 Å². The minimum atomic E-state index is -1.38. The molecule has 1 aliphatic rings. The molecular weight excluding hydrogens is 256 g/mol. The number of methoxy groups -OCH3 is 1. The Morgan fingerprint density at radius 1 is 1.50 bits per heavy atom. The van der Waals surface area contributed by atoms with Gasteiger partial charge in [-0.25, -0.2) is 4.79 Å². The Morgan fingerprint density at radius 2 is 2.10 bits per heavy atom. The van der Waals surface area contributed by atoms with Crippen molar-refractivity contribution in [1.82, 2.24) is 0 Å². The van der Waals surface area contributed by atoms with Gasteiger partial charge in [0.15, 0.2) is 11.4 Å². The van der Waals surface area contributed by atoms with Gasteiger partial charge in [0.05, 0.1) is 7.11 Å². The number of carbonyl (C=O) groups excluding carboxylic acids is 2. The number of ketones is 1. The average Bonchev–Trinajstić information content (AvgIpc) is 2.32. The first-order valence-electron chi connectivity index (χ1n) is 6.36. The minimum absolute atomic E-state index is 0.0131. The quantitative estimate of drug-likeness (QED) is 0.450. The van der Waals surface area contributed by atoms with Crippen LogP contribution < -0.4 is 0 Å². The Kier molecular flexibility index (Phi) is 4.57. The molecule has 0 aromatic rings. The van der Waals surface area contributed by atoms with Gasteiger partial charge in [0.2, 0.25) is 0 Å². The largest absolute Gasteiger partial charge is 0.466 e. The van der Waals surface area contributed by atoms with E-state index in [4.69, 9.17) is 0 Å². The third kappa shape index (κ3) is 3.17. The van der Waals surface area contributed by atoms with E-state index in [1.54, 1.807) is 27.7 Å². The summed E-state index contributed by atoms with van der Waals surface area (Å²) in [5.41, 5.74) is -1.05. The minimum Gasteiger partial charge on any atom is -0.466 e. The maximum Gasteiger partial charge on any atom is 0.331 e. The molecule has 0 saturated carbocycles. The second-order valence-corrected chi connectivity index (χ2v) is 5.67. The molecule has 4 nitrogen and oxygen atoms in total. The predicted octanol–water partition coefficient (Wildman–Crippen LogP) is 1.79. The Morgan fingerprint density at radius 3 is 2.60 bits per heavy atom. The summed E-state index contributed by atoms with van der Waals surface area (Å²) in [6.45, 7) is 6.95. The molecule has 1 N–H and O–H groups in total. The van der Waals surface area contributed by atoms with Crippen molar-refractivity contribution < 1.29 is 19.4 Å². The van der Waals surface area contributed by atoms with Gasteiger partial charge in [0, 0.05) is 23.5 Å². The SMILES string of the molecule is COC(=O)/C=C(/C)C#C[C@]1(O)C(C)=CC(=O)CC1(C)C. The Bertz CT molecular complexity index is 555. The highest BCUT2D eigenvalue weighted by Gasteiger charge is 2.47. The van der Waals surface area contributed by atoms with E-state index in [2.05, 4.69) is 16.6 Å². The summed E-state index contributed by atoms with van der Waals surface area (Å²) in [4.78, 5) is 22.7. The maximum atomic E-state index is 11.6. The lowest BCUT2D eigenvalue weighted by atomic mass is 9.65. The van der Waals surface area contributed by atoms with Crippen LogP contribution in [-0.2, 0) is 14.3 Å². The van der Waals surface area contributed by atoms with E-state index in [1.807, 2.05) is 0 Å². The van der Waals surface area contributed by atoms with Crippen LogP contribution in [0, 0.1) is 17.3 Å². The van der Waals surface area contributed by atoms with Crippen molar-refractivity contribution in [2.75, 3.05) is 7.11 Å². The molecule has 0 fully saturated rings. The standard InChI is InChI=1S/C16H20O4/c1-11(8-14(18)20-5)6-7-16(19)12(2)9-13(17)10-15(16,3)4/h8-9,19H,10H2,1-5H3/b11-8-/t16-/m0/s1. The van der Waals surface area contributed by atoms with Crippen LogP contribution in [0.5, 0.6) is 0 Å². The molecule has 20 heavy (non-hydrogen) atoms. The van der Waals surface area contributed by atoms with Gasteiger partial charge in [-0.1, -0.05) is 25.7 Å². The van der Waals surface area contributed by atoms with E-state index in [1.165, 1.54) is 19.3 Å². The molecule has 1 atom stereocenters. The van der Waals surface area contributed by atoms with Gasteiger partial charge in [0.25, 0.3) is 0 Å². The highest BCUT2D eigenvalue weighted by atomic mass is 16.5. The normalized spacial score (nSPS) is 25.4. The number of aliphatic hydroxyl groups is 1. The lowest BCUT2D eigenvalue weighted by Crippen LogP contribution is -2.48. The molecule has 4 heteroatoms. The fourth-order valence-electron chi connectivity index (χ4n) is 2.22. The fraction of sp³-hybridized carbons (Fsp3) is 0.500. The molecular formula is C16H20O4. The molecule has 0 aromatic heterocycles. The molecule has 0 amide bonds. The van der Waals surface area contributed by atoms with Crippen molar-refractivity contribution in [2.45, 2.75) is 39.7 Å². The summed E-state index contributed by atoms with van der Waals surface area (Å²) in [5.74, 6) is 5.06. The highest BCUT2D eigenvalue weighted by Crippen LogP contribution is 2.42. The van der Waals surface area contributed by atoms with E-state index in [-0.39, 0.29) is 12.2 Å². The molecule has 0 spiro atoms. The molecule has 1 aliphatic carbocycles. The number of carbonyl (C=O) groups is 2. The molecule has 0 radical (unpaired) electrons.